The molecule has 2 rings (SSSR count). The Kier molecular flexibility index (Phi) is 4.75. The molecule has 0 aromatic carbocycles. The van der Waals surface area contributed by atoms with Crippen molar-refractivity contribution in [2.24, 2.45) is 17.6 Å². The Morgan fingerprint density at radius 2 is 1.70 bits per heavy atom. The number of piperazine rings is 1. The number of carbonyl (C=O) groups excluding carboxylic acids is 1. The van der Waals surface area contributed by atoms with E-state index >= 15 is 0 Å². The van der Waals surface area contributed by atoms with Crippen molar-refractivity contribution in [2.75, 3.05) is 26.2 Å². The first-order valence-corrected chi connectivity index (χ1v) is 8.08. The highest BCUT2D eigenvalue weighted by molar-refractivity contribution is 5.79. The van der Waals surface area contributed by atoms with Crippen LogP contribution < -0.4 is 5.73 Å². The van der Waals surface area contributed by atoms with Crippen LogP contribution in [-0.2, 0) is 4.79 Å². The van der Waals surface area contributed by atoms with E-state index in [1.807, 2.05) is 0 Å². The normalized spacial score (nSPS) is 33.2. The fourth-order valence-electron chi connectivity index (χ4n) is 3.50. The summed E-state index contributed by atoms with van der Waals surface area (Å²) in [5.41, 5.74) is 6.26. The molecule has 2 N–H and O–H groups in total. The zero-order valence-corrected chi connectivity index (χ0v) is 13.6. The summed E-state index contributed by atoms with van der Waals surface area (Å²) in [6, 6.07) is 0.289. The molecule has 0 bridgehead atoms. The lowest BCUT2D eigenvalue weighted by atomic mass is 9.78. The summed E-state index contributed by atoms with van der Waals surface area (Å²) in [5, 5.41) is 0. The summed E-state index contributed by atoms with van der Waals surface area (Å²) in [6.45, 7) is 12.7. The molecule has 4 nitrogen and oxygen atoms in total. The molecule has 0 aromatic rings. The fraction of sp³-hybridized carbons (Fsp3) is 0.938. The van der Waals surface area contributed by atoms with E-state index in [0.29, 0.717) is 11.8 Å². The maximum Gasteiger partial charge on any atom is 0.225 e. The maximum atomic E-state index is 12.6. The second-order valence-electron chi connectivity index (χ2n) is 7.63. The van der Waals surface area contributed by atoms with Gasteiger partial charge < -0.3 is 10.6 Å². The molecule has 2 aliphatic rings. The largest absolute Gasteiger partial charge is 0.340 e. The number of nitrogens with two attached hydrogens (primary N) is 1. The zero-order chi connectivity index (χ0) is 14.9. The standard InChI is InChI=1S/C16H31N3O/c1-12-11-13(5-6-14(12)17)15(20)18-7-9-19(10-8-18)16(2,3)4/h12-14H,5-11,17H2,1-4H3. The van der Waals surface area contributed by atoms with Gasteiger partial charge in [-0.05, 0) is 46.0 Å². The second-order valence-corrected chi connectivity index (χ2v) is 7.63. The molecule has 0 spiro atoms. The summed E-state index contributed by atoms with van der Waals surface area (Å²) >= 11 is 0. The Morgan fingerprint density at radius 1 is 1.10 bits per heavy atom. The highest BCUT2D eigenvalue weighted by Gasteiger charge is 2.34. The van der Waals surface area contributed by atoms with Gasteiger partial charge in [0.2, 0.25) is 5.91 Å². The predicted octanol–water partition coefficient (Wildman–Crippen LogP) is 1.69. The highest BCUT2D eigenvalue weighted by atomic mass is 16.2. The van der Waals surface area contributed by atoms with Crippen LogP contribution in [0.5, 0.6) is 0 Å². The number of hydrogen-bond donors (Lipinski definition) is 1. The van der Waals surface area contributed by atoms with Crippen molar-refractivity contribution in [3.8, 4) is 0 Å². The Hall–Kier alpha value is -0.610. The van der Waals surface area contributed by atoms with Crippen molar-refractivity contribution in [3.63, 3.8) is 0 Å². The molecule has 0 aromatic heterocycles. The molecule has 1 saturated heterocycles. The average Bonchev–Trinajstić information content (AvgIpc) is 2.40. The average molecular weight is 281 g/mol. The molecule has 116 valence electrons. The van der Waals surface area contributed by atoms with Gasteiger partial charge in [0.1, 0.15) is 0 Å². The minimum Gasteiger partial charge on any atom is -0.340 e. The summed E-state index contributed by atoms with van der Waals surface area (Å²) in [6.07, 6.45) is 2.95. The van der Waals surface area contributed by atoms with Gasteiger partial charge in [0.25, 0.3) is 0 Å². The number of nitrogens with zero attached hydrogens (tertiary/aromatic N) is 2. The van der Waals surface area contributed by atoms with E-state index in [0.717, 1.165) is 45.4 Å². The molecular weight excluding hydrogens is 250 g/mol. The lowest BCUT2D eigenvalue weighted by molar-refractivity contribution is -0.139. The topological polar surface area (TPSA) is 49.6 Å². The van der Waals surface area contributed by atoms with E-state index < -0.39 is 0 Å². The number of hydrogen-bond acceptors (Lipinski definition) is 3. The Labute approximate surface area is 123 Å². The van der Waals surface area contributed by atoms with E-state index in [2.05, 4.69) is 37.5 Å². The SMILES string of the molecule is CC1CC(C(=O)N2CCN(C(C)(C)C)CC2)CCC1N. The van der Waals surface area contributed by atoms with Gasteiger partial charge >= 0.3 is 0 Å². The van der Waals surface area contributed by atoms with E-state index in [4.69, 9.17) is 5.73 Å². The van der Waals surface area contributed by atoms with Crippen molar-refractivity contribution in [3.05, 3.63) is 0 Å². The molecule has 1 saturated carbocycles. The summed E-state index contributed by atoms with van der Waals surface area (Å²) in [5.74, 6) is 1.07. The number of carbonyl (C=O) groups is 1. The molecule has 3 atom stereocenters. The van der Waals surface area contributed by atoms with Gasteiger partial charge in [-0.15, -0.1) is 0 Å². The summed E-state index contributed by atoms with van der Waals surface area (Å²) in [7, 11) is 0. The molecule has 1 aliphatic carbocycles. The third-order valence-corrected chi connectivity index (χ3v) is 5.12. The third kappa shape index (κ3) is 3.53. The highest BCUT2D eigenvalue weighted by Crippen LogP contribution is 2.30. The number of amides is 1. The second kappa shape index (κ2) is 6.02. The van der Waals surface area contributed by atoms with Crippen molar-refractivity contribution in [1.29, 1.82) is 0 Å². The van der Waals surface area contributed by atoms with Gasteiger partial charge in [-0.2, -0.15) is 0 Å². The van der Waals surface area contributed by atoms with Gasteiger partial charge in [-0.25, -0.2) is 0 Å². The lowest BCUT2D eigenvalue weighted by Crippen LogP contribution is -2.56. The molecule has 20 heavy (non-hydrogen) atoms. The molecule has 2 fully saturated rings. The minimum absolute atomic E-state index is 0.210. The van der Waals surface area contributed by atoms with E-state index in [1.165, 1.54) is 0 Å². The van der Waals surface area contributed by atoms with Crippen LogP contribution in [0.25, 0.3) is 0 Å². The summed E-state index contributed by atoms with van der Waals surface area (Å²) in [4.78, 5) is 17.2. The quantitative estimate of drug-likeness (QED) is 0.796. The Balaban J connectivity index is 1.86. The Morgan fingerprint density at radius 3 is 2.20 bits per heavy atom. The van der Waals surface area contributed by atoms with Gasteiger partial charge in [-0.3, -0.25) is 9.69 Å². The zero-order valence-electron chi connectivity index (χ0n) is 13.6. The van der Waals surface area contributed by atoms with Crippen molar-refractivity contribution in [1.82, 2.24) is 9.80 Å². The van der Waals surface area contributed by atoms with Crippen LogP contribution in [-0.4, -0.2) is 53.5 Å². The predicted molar refractivity (Wildman–Crippen MR) is 82.4 cm³/mol. The first-order chi connectivity index (χ1) is 9.29. The Bertz CT molecular complexity index is 342. The van der Waals surface area contributed by atoms with Gasteiger partial charge in [0.15, 0.2) is 0 Å². The van der Waals surface area contributed by atoms with Crippen LogP contribution in [0, 0.1) is 11.8 Å². The summed E-state index contributed by atoms with van der Waals surface area (Å²) < 4.78 is 0. The first kappa shape index (κ1) is 15.8. The molecular formula is C16H31N3O. The van der Waals surface area contributed by atoms with E-state index in [-0.39, 0.29) is 17.5 Å². The monoisotopic (exact) mass is 281 g/mol. The van der Waals surface area contributed by atoms with Crippen LogP contribution in [0.4, 0.5) is 0 Å². The molecule has 4 heteroatoms. The molecule has 1 aliphatic heterocycles. The molecule has 3 unspecified atom stereocenters. The van der Waals surface area contributed by atoms with Gasteiger partial charge in [0, 0.05) is 43.7 Å². The lowest BCUT2D eigenvalue weighted by Gasteiger charge is -2.43. The first-order valence-electron chi connectivity index (χ1n) is 8.08. The smallest absolute Gasteiger partial charge is 0.225 e. The van der Waals surface area contributed by atoms with Gasteiger partial charge in [0.05, 0.1) is 0 Å². The molecule has 0 radical (unpaired) electrons. The van der Waals surface area contributed by atoms with Crippen molar-refractivity contribution < 1.29 is 4.79 Å². The number of rotatable bonds is 1. The molecule has 1 amide bonds. The van der Waals surface area contributed by atoms with Crippen molar-refractivity contribution >= 4 is 5.91 Å². The van der Waals surface area contributed by atoms with Crippen LogP contribution in [0.3, 0.4) is 0 Å². The molecule has 1 heterocycles. The van der Waals surface area contributed by atoms with E-state index in [1.54, 1.807) is 0 Å². The van der Waals surface area contributed by atoms with E-state index in [9.17, 15) is 4.79 Å². The minimum atomic E-state index is 0.210. The van der Waals surface area contributed by atoms with Crippen LogP contribution in [0.1, 0.15) is 47.0 Å². The van der Waals surface area contributed by atoms with Crippen molar-refractivity contribution in [2.45, 2.75) is 58.5 Å². The fourth-order valence-corrected chi connectivity index (χ4v) is 3.50. The van der Waals surface area contributed by atoms with Crippen LogP contribution in [0.2, 0.25) is 0 Å². The third-order valence-electron chi connectivity index (χ3n) is 5.12. The van der Waals surface area contributed by atoms with Crippen LogP contribution in [0.15, 0.2) is 0 Å². The van der Waals surface area contributed by atoms with Gasteiger partial charge in [-0.1, -0.05) is 6.92 Å². The maximum absolute atomic E-state index is 12.6. The van der Waals surface area contributed by atoms with Crippen LogP contribution >= 0.6 is 0 Å².